The first-order valence-corrected chi connectivity index (χ1v) is 5.71. The molecule has 0 spiro atoms. The number of anilines is 1. The summed E-state index contributed by atoms with van der Waals surface area (Å²) >= 11 is 0. The minimum Gasteiger partial charge on any atom is -0.318 e. The lowest BCUT2D eigenvalue weighted by molar-refractivity contribution is 0.102. The third-order valence-electron chi connectivity index (χ3n) is 2.73. The van der Waals surface area contributed by atoms with Crippen molar-refractivity contribution in [3.05, 3.63) is 60.2 Å². The molecule has 5 nitrogen and oxygen atoms in total. The first kappa shape index (κ1) is 12.2. The van der Waals surface area contributed by atoms with Gasteiger partial charge in [0.1, 0.15) is 0 Å². The maximum atomic E-state index is 13.4. The summed E-state index contributed by atoms with van der Waals surface area (Å²) < 4.78 is 27.6. The number of halogens is 2. The van der Waals surface area contributed by atoms with Crippen molar-refractivity contribution in [2.45, 2.75) is 0 Å². The van der Waals surface area contributed by atoms with E-state index in [0.29, 0.717) is 5.52 Å². The van der Waals surface area contributed by atoms with Gasteiger partial charge in [0.25, 0.3) is 5.91 Å². The Kier molecular flexibility index (Phi) is 2.86. The molecule has 3 heterocycles. The first-order chi connectivity index (χ1) is 9.65. The Morgan fingerprint density at radius 3 is 2.85 bits per heavy atom. The van der Waals surface area contributed by atoms with Crippen LogP contribution in [0.15, 0.2) is 42.7 Å². The van der Waals surface area contributed by atoms with Crippen molar-refractivity contribution in [3.63, 3.8) is 0 Å². The highest BCUT2D eigenvalue weighted by Crippen LogP contribution is 2.15. The van der Waals surface area contributed by atoms with Crippen LogP contribution < -0.4 is 5.32 Å². The molecular formula is C13H8F2N4O. The standard InChI is InChI=1S/C13H8F2N4O/c14-11-5-4-9(12(15)18-11)17-13(20)8-7-16-19-6-2-1-3-10(8)19/h1-7H,(H,17,20). The zero-order chi connectivity index (χ0) is 14.1. The van der Waals surface area contributed by atoms with Crippen molar-refractivity contribution in [1.29, 1.82) is 0 Å². The van der Waals surface area contributed by atoms with Crippen molar-refractivity contribution < 1.29 is 13.6 Å². The average Bonchev–Trinajstić information content (AvgIpc) is 2.86. The number of rotatable bonds is 2. The number of pyridine rings is 2. The number of aromatic nitrogens is 3. The minimum absolute atomic E-state index is 0.188. The van der Waals surface area contributed by atoms with E-state index in [-0.39, 0.29) is 11.3 Å². The Balaban J connectivity index is 1.93. The lowest BCUT2D eigenvalue weighted by Crippen LogP contribution is -2.13. The van der Waals surface area contributed by atoms with Crippen LogP contribution in [-0.4, -0.2) is 20.5 Å². The lowest BCUT2D eigenvalue weighted by Gasteiger charge is -2.04. The van der Waals surface area contributed by atoms with Crippen molar-refractivity contribution in [2.75, 3.05) is 5.32 Å². The van der Waals surface area contributed by atoms with Gasteiger partial charge in [-0.15, -0.1) is 0 Å². The van der Waals surface area contributed by atoms with Gasteiger partial charge in [0.2, 0.25) is 11.9 Å². The Morgan fingerprint density at radius 2 is 2.05 bits per heavy atom. The number of hydrogen-bond donors (Lipinski definition) is 1. The zero-order valence-electron chi connectivity index (χ0n) is 10.0. The van der Waals surface area contributed by atoms with E-state index in [2.05, 4.69) is 15.4 Å². The molecular weight excluding hydrogens is 266 g/mol. The summed E-state index contributed by atoms with van der Waals surface area (Å²) in [7, 11) is 0. The molecule has 0 saturated carbocycles. The van der Waals surface area contributed by atoms with Gasteiger partial charge in [-0.1, -0.05) is 6.07 Å². The van der Waals surface area contributed by atoms with E-state index in [0.717, 1.165) is 12.1 Å². The second-order valence-electron chi connectivity index (χ2n) is 4.02. The predicted octanol–water partition coefficient (Wildman–Crippen LogP) is 2.26. The molecule has 0 aliphatic rings. The largest absolute Gasteiger partial charge is 0.318 e. The van der Waals surface area contributed by atoms with Crippen molar-refractivity contribution in [1.82, 2.24) is 14.6 Å². The molecule has 0 atom stereocenters. The van der Waals surface area contributed by atoms with Gasteiger partial charge in [-0.25, -0.2) is 4.52 Å². The van der Waals surface area contributed by atoms with E-state index in [1.807, 2.05) is 0 Å². The van der Waals surface area contributed by atoms with Crippen molar-refractivity contribution in [2.24, 2.45) is 0 Å². The molecule has 0 unspecified atom stereocenters. The van der Waals surface area contributed by atoms with E-state index in [1.165, 1.54) is 10.7 Å². The highest BCUT2D eigenvalue weighted by Gasteiger charge is 2.15. The molecule has 0 saturated heterocycles. The summed E-state index contributed by atoms with van der Waals surface area (Å²) in [5.74, 6) is -2.56. The molecule has 1 amide bonds. The topological polar surface area (TPSA) is 59.3 Å². The Bertz CT molecular complexity index is 800. The summed E-state index contributed by atoms with van der Waals surface area (Å²) in [4.78, 5) is 15.1. The second kappa shape index (κ2) is 4.69. The fourth-order valence-electron chi connectivity index (χ4n) is 1.80. The molecule has 3 rings (SSSR count). The van der Waals surface area contributed by atoms with Crippen molar-refractivity contribution >= 4 is 17.1 Å². The lowest BCUT2D eigenvalue weighted by atomic mass is 10.2. The maximum Gasteiger partial charge on any atom is 0.259 e. The number of carbonyl (C=O) groups is 1. The van der Waals surface area contributed by atoms with Crippen LogP contribution in [0.2, 0.25) is 0 Å². The highest BCUT2D eigenvalue weighted by atomic mass is 19.1. The van der Waals surface area contributed by atoms with E-state index in [4.69, 9.17) is 0 Å². The van der Waals surface area contributed by atoms with Crippen LogP contribution in [0.4, 0.5) is 14.5 Å². The van der Waals surface area contributed by atoms with Gasteiger partial charge in [0, 0.05) is 6.20 Å². The molecule has 0 radical (unpaired) electrons. The Morgan fingerprint density at radius 1 is 1.20 bits per heavy atom. The monoisotopic (exact) mass is 274 g/mol. The van der Waals surface area contributed by atoms with Gasteiger partial charge in [-0.2, -0.15) is 18.9 Å². The van der Waals surface area contributed by atoms with E-state index in [1.54, 1.807) is 24.4 Å². The van der Waals surface area contributed by atoms with Crippen LogP contribution in [0.25, 0.3) is 5.52 Å². The van der Waals surface area contributed by atoms with Crippen LogP contribution in [0.5, 0.6) is 0 Å². The highest BCUT2D eigenvalue weighted by molar-refractivity contribution is 6.08. The minimum atomic E-state index is -1.07. The summed E-state index contributed by atoms with van der Waals surface area (Å²) in [5.41, 5.74) is 0.682. The van der Waals surface area contributed by atoms with Crippen LogP contribution >= 0.6 is 0 Å². The smallest absolute Gasteiger partial charge is 0.259 e. The molecule has 0 aliphatic carbocycles. The SMILES string of the molecule is O=C(Nc1ccc(F)nc1F)c1cnn2ccccc12. The van der Waals surface area contributed by atoms with Crippen molar-refractivity contribution in [3.8, 4) is 0 Å². The molecule has 0 aromatic carbocycles. The number of carbonyl (C=O) groups excluding carboxylic acids is 1. The Hall–Kier alpha value is -2.83. The molecule has 0 fully saturated rings. The first-order valence-electron chi connectivity index (χ1n) is 5.71. The third-order valence-corrected chi connectivity index (χ3v) is 2.73. The van der Waals surface area contributed by atoms with Gasteiger partial charge in [0.15, 0.2) is 0 Å². The summed E-state index contributed by atoms with van der Waals surface area (Å²) in [6, 6.07) is 7.32. The molecule has 3 aromatic heterocycles. The second-order valence-corrected chi connectivity index (χ2v) is 4.02. The average molecular weight is 274 g/mol. The van der Waals surface area contributed by atoms with E-state index in [9.17, 15) is 13.6 Å². The van der Waals surface area contributed by atoms with Gasteiger partial charge in [-0.05, 0) is 24.3 Å². The van der Waals surface area contributed by atoms with Crippen LogP contribution in [0.1, 0.15) is 10.4 Å². The number of hydrogen-bond acceptors (Lipinski definition) is 3. The summed E-state index contributed by atoms with van der Waals surface area (Å²) in [6.45, 7) is 0. The van der Waals surface area contributed by atoms with Crippen LogP contribution in [-0.2, 0) is 0 Å². The summed E-state index contributed by atoms with van der Waals surface area (Å²) in [6.07, 6.45) is 3.06. The number of fused-ring (bicyclic) bond motifs is 1. The molecule has 0 bridgehead atoms. The maximum absolute atomic E-state index is 13.4. The molecule has 7 heteroatoms. The number of nitrogens with zero attached hydrogens (tertiary/aromatic N) is 3. The fraction of sp³-hybridized carbons (Fsp3) is 0. The van der Waals surface area contributed by atoms with Crippen LogP contribution in [0, 0.1) is 11.9 Å². The van der Waals surface area contributed by atoms with Gasteiger partial charge in [0.05, 0.1) is 23.0 Å². The van der Waals surface area contributed by atoms with E-state index < -0.39 is 17.8 Å². The van der Waals surface area contributed by atoms with Crippen LogP contribution in [0.3, 0.4) is 0 Å². The Labute approximate surface area is 111 Å². The number of nitrogens with one attached hydrogen (secondary N) is 1. The van der Waals surface area contributed by atoms with Gasteiger partial charge >= 0.3 is 0 Å². The molecule has 100 valence electrons. The van der Waals surface area contributed by atoms with E-state index >= 15 is 0 Å². The molecule has 3 aromatic rings. The predicted molar refractivity (Wildman–Crippen MR) is 67.3 cm³/mol. The normalized spacial score (nSPS) is 10.7. The quantitative estimate of drug-likeness (QED) is 0.729. The number of amides is 1. The van der Waals surface area contributed by atoms with Gasteiger partial charge in [-0.3, -0.25) is 4.79 Å². The summed E-state index contributed by atoms with van der Waals surface area (Å²) in [5, 5.41) is 6.34. The molecule has 0 aliphatic heterocycles. The zero-order valence-corrected chi connectivity index (χ0v) is 10.0. The fourth-order valence-corrected chi connectivity index (χ4v) is 1.80. The third kappa shape index (κ3) is 2.09. The van der Waals surface area contributed by atoms with Gasteiger partial charge < -0.3 is 5.32 Å². The molecule has 20 heavy (non-hydrogen) atoms. The molecule has 1 N–H and O–H groups in total.